The van der Waals surface area contributed by atoms with E-state index in [1.807, 2.05) is 24.3 Å². The van der Waals surface area contributed by atoms with E-state index in [0.717, 1.165) is 11.1 Å². The van der Waals surface area contributed by atoms with E-state index in [0.29, 0.717) is 46.3 Å². The van der Waals surface area contributed by atoms with Crippen LogP contribution in [-0.2, 0) is 6.42 Å². The van der Waals surface area contributed by atoms with Gasteiger partial charge in [-0.3, -0.25) is 4.79 Å². The summed E-state index contributed by atoms with van der Waals surface area (Å²) in [5, 5.41) is 0. The van der Waals surface area contributed by atoms with Gasteiger partial charge in [-0.15, -0.1) is 0 Å². The molecular weight excluding hydrogens is 336 g/mol. The molecule has 4 rings (SSSR count). The lowest BCUT2D eigenvalue weighted by Crippen LogP contribution is -1.97. The normalized spacial score (nSPS) is 16.0. The third kappa shape index (κ3) is 2.54. The van der Waals surface area contributed by atoms with E-state index in [-0.39, 0.29) is 12.6 Å². The van der Waals surface area contributed by atoms with Crippen molar-refractivity contribution in [2.45, 2.75) is 6.42 Å². The largest absolute Gasteiger partial charge is 0.493 e. The summed E-state index contributed by atoms with van der Waals surface area (Å²) in [7, 11) is 4.71. The quantitative estimate of drug-likeness (QED) is 0.786. The Morgan fingerprint density at radius 2 is 1.65 bits per heavy atom. The molecule has 0 atom stereocenters. The first kappa shape index (κ1) is 16.3. The first-order valence-electron chi connectivity index (χ1n) is 8.12. The second-order valence-electron chi connectivity index (χ2n) is 6.00. The molecule has 0 saturated heterocycles. The first-order valence-corrected chi connectivity index (χ1v) is 8.12. The Morgan fingerprint density at radius 3 is 2.38 bits per heavy atom. The maximum atomic E-state index is 12.8. The van der Waals surface area contributed by atoms with Crippen LogP contribution in [-0.4, -0.2) is 33.9 Å². The Kier molecular flexibility index (Phi) is 3.95. The average molecular weight is 354 g/mol. The van der Waals surface area contributed by atoms with E-state index < -0.39 is 0 Å². The lowest BCUT2D eigenvalue weighted by atomic mass is 10.1. The Morgan fingerprint density at radius 1 is 0.923 bits per heavy atom. The van der Waals surface area contributed by atoms with E-state index >= 15 is 0 Å². The molecule has 0 fully saturated rings. The van der Waals surface area contributed by atoms with Crippen molar-refractivity contribution in [3.8, 4) is 28.7 Å². The number of hydrogen-bond acceptors (Lipinski definition) is 6. The molecule has 0 amide bonds. The topological polar surface area (TPSA) is 63.2 Å². The van der Waals surface area contributed by atoms with Crippen molar-refractivity contribution in [3.05, 3.63) is 46.5 Å². The van der Waals surface area contributed by atoms with Crippen LogP contribution in [0.25, 0.3) is 6.08 Å². The van der Waals surface area contributed by atoms with Crippen molar-refractivity contribution in [1.29, 1.82) is 0 Å². The third-order valence-corrected chi connectivity index (χ3v) is 4.55. The van der Waals surface area contributed by atoms with Crippen LogP contribution >= 0.6 is 0 Å². The van der Waals surface area contributed by atoms with Gasteiger partial charge in [0.05, 0.1) is 21.3 Å². The summed E-state index contributed by atoms with van der Waals surface area (Å²) >= 11 is 0. The van der Waals surface area contributed by atoms with Crippen LogP contribution < -0.4 is 23.7 Å². The van der Waals surface area contributed by atoms with E-state index in [1.165, 1.54) is 0 Å². The van der Waals surface area contributed by atoms with Gasteiger partial charge < -0.3 is 23.7 Å². The van der Waals surface area contributed by atoms with Crippen molar-refractivity contribution in [3.63, 3.8) is 0 Å². The zero-order chi connectivity index (χ0) is 18.3. The van der Waals surface area contributed by atoms with Gasteiger partial charge in [0.2, 0.25) is 12.5 Å². The van der Waals surface area contributed by atoms with Crippen molar-refractivity contribution >= 4 is 11.9 Å². The summed E-state index contributed by atoms with van der Waals surface area (Å²) in [6, 6.07) is 7.26. The van der Waals surface area contributed by atoms with E-state index in [2.05, 4.69) is 0 Å². The van der Waals surface area contributed by atoms with E-state index in [1.54, 1.807) is 27.4 Å². The van der Waals surface area contributed by atoms with Gasteiger partial charge in [-0.2, -0.15) is 0 Å². The Bertz CT molecular complexity index is 928. The molecule has 1 heterocycles. The summed E-state index contributed by atoms with van der Waals surface area (Å²) in [6.07, 6.45) is 2.39. The van der Waals surface area contributed by atoms with E-state index in [4.69, 9.17) is 23.7 Å². The molecule has 6 nitrogen and oxygen atoms in total. The van der Waals surface area contributed by atoms with Gasteiger partial charge >= 0.3 is 0 Å². The lowest BCUT2D eigenvalue weighted by molar-refractivity contribution is 0.104. The summed E-state index contributed by atoms with van der Waals surface area (Å²) in [5.41, 5.74) is 3.07. The number of allylic oxidation sites excluding steroid dienone is 1. The minimum atomic E-state index is -0.0161. The second-order valence-corrected chi connectivity index (χ2v) is 6.00. The molecule has 0 radical (unpaired) electrons. The molecule has 2 aromatic carbocycles. The smallest absolute Gasteiger partial charge is 0.231 e. The van der Waals surface area contributed by atoms with Crippen LogP contribution in [0.3, 0.4) is 0 Å². The van der Waals surface area contributed by atoms with Gasteiger partial charge in [0.15, 0.2) is 28.8 Å². The number of hydrogen-bond donors (Lipinski definition) is 0. The maximum absolute atomic E-state index is 12.8. The molecule has 0 spiro atoms. The van der Waals surface area contributed by atoms with Gasteiger partial charge in [-0.05, 0) is 41.5 Å². The zero-order valence-electron chi connectivity index (χ0n) is 14.8. The first-order chi connectivity index (χ1) is 12.6. The lowest BCUT2D eigenvalue weighted by Gasteiger charge is -2.08. The van der Waals surface area contributed by atoms with Gasteiger partial charge in [-0.25, -0.2) is 0 Å². The maximum Gasteiger partial charge on any atom is 0.231 e. The molecule has 0 saturated carbocycles. The highest BCUT2D eigenvalue weighted by Gasteiger charge is 2.28. The van der Waals surface area contributed by atoms with Crippen LogP contribution in [0.2, 0.25) is 0 Å². The van der Waals surface area contributed by atoms with Crippen molar-refractivity contribution in [1.82, 2.24) is 0 Å². The second kappa shape index (κ2) is 6.29. The van der Waals surface area contributed by atoms with Gasteiger partial charge in [0.25, 0.3) is 0 Å². The predicted octanol–water partition coefficient (Wildman–Crippen LogP) is 3.26. The summed E-state index contributed by atoms with van der Waals surface area (Å²) < 4.78 is 26.8. The molecule has 0 aromatic heterocycles. The minimum Gasteiger partial charge on any atom is -0.493 e. The zero-order valence-corrected chi connectivity index (χ0v) is 14.8. The Labute approximate surface area is 150 Å². The highest BCUT2D eigenvalue weighted by molar-refractivity contribution is 6.16. The van der Waals surface area contributed by atoms with Crippen LogP contribution in [0.5, 0.6) is 28.7 Å². The number of Topliss-reactive ketones (excluding diaryl/α,β-unsaturated/α-hetero) is 1. The van der Waals surface area contributed by atoms with Crippen LogP contribution in [0.15, 0.2) is 29.8 Å². The molecule has 6 heteroatoms. The summed E-state index contributed by atoms with van der Waals surface area (Å²) in [4.78, 5) is 12.8. The number of fused-ring (bicyclic) bond motifs is 2. The molecule has 2 aliphatic rings. The van der Waals surface area contributed by atoms with Crippen LogP contribution in [0.4, 0.5) is 0 Å². The Balaban J connectivity index is 1.72. The fourth-order valence-electron chi connectivity index (χ4n) is 3.29. The SMILES string of the molecule is COc1cc2c(cc1OC)C(=O)C(=Cc1cc(OC)c3c(c1)OCO3)C2. The highest BCUT2D eigenvalue weighted by atomic mass is 16.7. The number of methoxy groups -OCH3 is 3. The van der Waals surface area contributed by atoms with Crippen LogP contribution in [0, 0.1) is 0 Å². The average Bonchev–Trinajstić information content (AvgIpc) is 3.25. The molecule has 0 bridgehead atoms. The summed E-state index contributed by atoms with van der Waals surface area (Å²) in [6.45, 7) is 0.162. The van der Waals surface area contributed by atoms with Gasteiger partial charge in [-0.1, -0.05) is 0 Å². The van der Waals surface area contributed by atoms with Crippen LogP contribution in [0.1, 0.15) is 21.5 Å². The Hall–Kier alpha value is -3.15. The monoisotopic (exact) mass is 354 g/mol. The highest BCUT2D eigenvalue weighted by Crippen LogP contribution is 2.43. The molecule has 0 N–H and O–H groups in total. The standard InChI is InChI=1S/C20H18O6/c1-22-15-8-12-7-13(19(21)14(12)9-16(15)23-2)4-11-5-17(24-3)20-18(6-11)25-10-26-20/h4-6,8-9H,7,10H2,1-3H3. The molecule has 134 valence electrons. The van der Waals surface area contributed by atoms with E-state index in [9.17, 15) is 4.79 Å². The molecule has 2 aromatic rings. The van der Waals surface area contributed by atoms with Crippen molar-refractivity contribution in [2.24, 2.45) is 0 Å². The number of benzene rings is 2. The minimum absolute atomic E-state index is 0.0161. The predicted molar refractivity (Wildman–Crippen MR) is 94.7 cm³/mol. The number of ether oxygens (including phenoxy) is 5. The number of rotatable bonds is 4. The van der Waals surface area contributed by atoms with Gasteiger partial charge in [0.1, 0.15) is 0 Å². The number of ketones is 1. The summed E-state index contributed by atoms with van der Waals surface area (Å²) in [5.74, 6) is 2.93. The molecule has 1 aliphatic carbocycles. The molecular formula is C20H18O6. The van der Waals surface area contributed by atoms with Gasteiger partial charge in [0, 0.05) is 17.6 Å². The molecule has 0 unspecified atom stereocenters. The third-order valence-electron chi connectivity index (χ3n) is 4.55. The van der Waals surface area contributed by atoms with Crippen molar-refractivity contribution < 1.29 is 28.5 Å². The number of carbonyl (C=O) groups is 1. The fourth-order valence-corrected chi connectivity index (χ4v) is 3.29. The fraction of sp³-hybridized carbons (Fsp3) is 0.250. The van der Waals surface area contributed by atoms with Crippen molar-refractivity contribution in [2.75, 3.05) is 28.1 Å². The number of carbonyl (C=O) groups excluding carboxylic acids is 1. The molecule has 26 heavy (non-hydrogen) atoms. The molecule has 1 aliphatic heterocycles.